The van der Waals surface area contributed by atoms with E-state index in [2.05, 4.69) is 10.6 Å². The summed E-state index contributed by atoms with van der Waals surface area (Å²) in [5.41, 5.74) is 7.77. The van der Waals surface area contributed by atoms with Crippen molar-refractivity contribution in [2.45, 2.75) is 33.2 Å². The minimum Gasteiger partial charge on any atom is -0.399 e. The van der Waals surface area contributed by atoms with Gasteiger partial charge in [0.05, 0.1) is 0 Å². The lowest BCUT2D eigenvalue weighted by Crippen LogP contribution is -2.43. The van der Waals surface area contributed by atoms with Crippen LogP contribution in [0.3, 0.4) is 0 Å². The number of hydrogen-bond donors (Lipinski definition) is 3. The lowest BCUT2D eigenvalue weighted by atomic mass is 10.1. The molecule has 16 heavy (non-hydrogen) atoms. The van der Waals surface area contributed by atoms with Gasteiger partial charge in [-0.1, -0.05) is 6.07 Å². The summed E-state index contributed by atoms with van der Waals surface area (Å²) in [7, 11) is 0. The molecule has 1 aromatic rings. The molecule has 1 rings (SSSR count). The Hall–Kier alpha value is -1.71. The quantitative estimate of drug-likeness (QED) is 0.638. The number of carbonyl (C=O) groups excluding carboxylic acids is 1. The molecule has 4 N–H and O–H groups in total. The topological polar surface area (TPSA) is 67.1 Å². The molecule has 0 bridgehead atoms. The van der Waals surface area contributed by atoms with E-state index in [1.165, 1.54) is 0 Å². The first kappa shape index (κ1) is 12.4. The zero-order chi connectivity index (χ0) is 12.3. The number of hydrogen-bond acceptors (Lipinski definition) is 2. The Balaban J connectivity index is 2.73. The third-order valence-corrected chi connectivity index (χ3v) is 2.00. The molecule has 0 aliphatic heterocycles. The van der Waals surface area contributed by atoms with Crippen LogP contribution < -0.4 is 16.4 Å². The number of nitrogens with two attached hydrogens (primary N) is 1. The Morgan fingerprint density at radius 2 is 1.94 bits per heavy atom. The van der Waals surface area contributed by atoms with E-state index < -0.39 is 0 Å². The summed E-state index contributed by atoms with van der Waals surface area (Å²) in [6, 6.07) is 5.21. The van der Waals surface area contributed by atoms with Crippen LogP contribution in [0.4, 0.5) is 16.2 Å². The SMILES string of the molecule is Cc1ccc(N)cc1NC(=O)NC(C)(C)C. The average Bonchev–Trinajstić information content (AvgIpc) is 2.08. The van der Waals surface area contributed by atoms with Gasteiger partial charge in [0.1, 0.15) is 0 Å². The third-order valence-electron chi connectivity index (χ3n) is 2.00. The number of carbonyl (C=O) groups is 1. The molecule has 4 heteroatoms. The second-order valence-corrected chi connectivity index (χ2v) is 4.90. The highest BCUT2D eigenvalue weighted by molar-refractivity contribution is 5.91. The summed E-state index contributed by atoms with van der Waals surface area (Å²) < 4.78 is 0. The number of nitrogen functional groups attached to an aromatic ring is 1. The van der Waals surface area contributed by atoms with E-state index in [4.69, 9.17) is 5.73 Å². The number of anilines is 2. The summed E-state index contributed by atoms with van der Waals surface area (Å²) in [4.78, 5) is 11.6. The van der Waals surface area contributed by atoms with E-state index in [1.807, 2.05) is 39.8 Å². The van der Waals surface area contributed by atoms with Gasteiger partial charge < -0.3 is 16.4 Å². The van der Waals surface area contributed by atoms with Crippen LogP contribution in [0.5, 0.6) is 0 Å². The number of amides is 2. The van der Waals surface area contributed by atoms with Gasteiger partial charge in [-0.25, -0.2) is 4.79 Å². The molecule has 0 atom stereocenters. The Bertz CT molecular complexity index is 394. The first-order valence-corrected chi connectivity index (χ1v) is 5.23. The van der Waals surface area contributed by atoms with Crippen molar-refractivity contribution >= 4 is 17.4 Å². The molecule has 0 radical (unpaired) electrons. The lowest BCUT2D eigenvalue weighted by Gasteiger charge is -2.21. The summed E-state index contributed by atoms with van der Waals surface area (Å²) >= 11 is 0. The molecular formula is C12H19N3O. The molecule has 2 amide bonds. The summed E-state index contributed by atoms with van der Waals surface area (Å²) in [5.74, 6) is 0. The van der Waals surface area contributed by atoms with Crippen LogP contribution in [-0.4, -0.2) is 11.6 Å². The normalized spacial score (nSPS) is 11.0. The molecule has 4 nitrogen and oxygen atoms in total. The summed E-state index contributed by atoms with van der Waals surface area (Å²) in [6.45, 7) is 7.71. The fourth-order valence-electron chi connectivity index (χ4n) is 1.27. The van der Waals surface area contributed by atoms with Crippen LogP contribution in [0.15, 0.2) is 18.2 Å². The zero-order valence-electron chi connectivity index (χ0n) is 10.2. The van der Waals surface area contributed by atoms with Crippen molar-refractivity contribution in [2.75, 3.05) is 11.1 Å². The van der Waals surface area contributed by atoms with Crippen molar-refractivity contribution < 1.29 is 4.79 Å². The van der Waals surface area contributed by atoms with E-state index in [1.54, 1.807) is 6.07 Å². The minimum absolute atomic E-state index is 0.221. The van der Waals surface area contributed by atoms with Crippen molar-refractivity contribution in [3.63, 3.8) is 0 Å². The van der Waals surface area contributed by atoms with E-state index in [0.717, 1.165) is 11.3 Å². The maximum Gasteiger partial charge on any atom is 0.319 e. The molecule has 0 spiro atoms. The van der Waals surface area contributed by atoms with Gasteiger partial charge in [-0.15, -0.1) is 0 Å². The van der Waals surface area contributed by atoms with Gasteiger partial charge in [-0.3, -0.25) is 0 Å². The highest BCUT2D eigenvalue weighted by Crippen LogP contribution is 2.18. The van der Waals surface area contributed by atoms with Gasteiger partial charge in [0.2, 0.25) is 0 Å². The Morgan fingerprint density at radius 3 is 2.50 bits per heavy atom. The predicted molar refractivity (Wildman–Crippen MR) is 67.5 cm³/mol. The van der Waals surface area contributed by atoms with Crippen LogP contribution in [0.2, 0.25) is 0 Å². The van der Waals surface area contributed by atoms with E-state index in [0.29, 0.717) is 5.69 Å². The van der Waals surface area contributed by atoms with Crippen LogP contribution in [0.1, 0.15) is 26.3 Å². The molecule has 0 aromatic heterocycles. The summed E-state index contributed by atoms with van der Waals surface area (Å²) in [6.07, 6.45) is 0. The van der Waals surface area contributed by atoms with Crippen LogP contribution in [0, 0.1) is 6.92 Å². The third kappa shape index (κ3) is 3.81. The van der Waals surface area contributed by atoms with E-state index >= 15 is 0 Å². The summed E-state index contributed by atoms with van der Waals surface area (Å²) in [5, 5.41) is 5.60. The first-order chi connectivity index (χ1) is 7.28. The van der Waals surface area contributed by atoms with E-state index in [9.17, 15) is 4.79 Å². The van der Waals surface area contributed by atoms with Crippen LogP contribution in [-0.2, 0) is 0 Å². The lowest BCUT2D eigenvalue weighted by molar-refractivity contribution is 0.244. The molecule has 1 aromatic carbocycles. The van der Waals surface area contributed by atoms with Gasteiger partial charge in [-0.05, 0) is 45.4 Å². The number of benzene rings is 1. The Labute approximate surface area is 96.2 Å². The van der Waals surface area contributed by atoms with Gasteiger partial charge in [0.25, 0.3) is 0 Å². The van der Waals surface area contributed by atoms with Crippen molar-refractivity contribution in [3.8, 4) is 0 Å². The second kappa shape index (κ2) is 4.43. The van der Waals surface area contributed by atoms with Crippen molar-refractivity contribution in [3.05, 3.63) is 23.8 Å². The van der Waals surface area contributed by atoms with Gasteiger partial charge >= 0.3 is 6.03 Å². The molecule has 0 saturated carbocycles. The second-order valence-electron chi connectivity index (χ2n) is 4.90. The van der Waals surface area contributed by atoms with Gasteiger partial charge in [-0.2, -0.15) is 0 Å². The highest BCUT2D eigenvalue weighted by Gasteiger charge is 2.14. The van der Waals surface area contributed by atoms with E-state index in [-0.39, 0.29) is 11.6 Å². The van der Waals surface area contributed by atoms with Gasteiger partial charge in [0.15, 0.2) is 0 Å². The minimum atomic E-state index is -0.252. The highest BCUT2D eigenvalue weighted by atomic mass is 16.2. The fourth-order valence-corrected chi connectivity index (χ4v) is 1.27. The number of aryl methyl sites for hydroxylation is 1. The standard InChI is InChI=1S/C12H19N3O/c1-8-5-6-9(13)7-10(8)14-11(16)15-12(2,3)4/h5-7H,13H2,1-4H3,(H2,14,15,16). The Morgan fingerprint density at radius 1 is 1.31 bits per heavy atom. The molecule has 88 valence electrons. The smallest absolute Gasteiger partial charge is 0.319 e. The first-order valence-electron chi connectivity index (χ1n) is 5.23. The van der Waals surface area contributed by atoms with Gasteiger partial charge in [0, 0.05) is 16.9 Å². The molecule has 0 aliphatic carbocycles. The van der Waals surface area contributed by atoms with Crippen LogP contribution >= 0.6 is 0 Å². The van der Waals surface area contributed by atoms with Crippen molar-refractivity contribution in [1.29, 1.82) is 0 Å². The predicted octanol–water partition coefficient (Wildman–Crippen LogP) is 2.50. The number of nitrogens with one attached hydrogen (secondary N) is 2. The average molecular weight is 221 g/mol. The molecular weight excluding hydrogens is 202 g/mol. The molecule has 0 fully saturated rings. The van der Waals surface area contributed by atoms with Crippen LogP contribution in [0.25, 0.3) is 0 Å². The zero-order valence-corrected chi connectivity index (χ0v) is 10.2. The molecule has 0 unspecified atom stereocenters. The molecule has 0 heterocycles. The van der Waals surface area contributed by atoms with Crippen molar-refractivity contribution in [2.24, 2.45) is 0 Å². The Kier molecular flexibility index (Phi) is 3.42. The van der Waals surface area contributed by atoms with Crippen molar-refractivity contribution in [1.82, 2.24) is 5.32 Å². The molecule has 0 saturated heterocycles. The maximum atomic E-state index is 11.6. The molecule has 0 aliphatic rings. The maximum absolute atomic E-state index is 11.6. The monoisotopic (exact) mass is 221 g/mol. The largest absolute Gasteiger partial charge is 0.399 e. The fraction of sp³-hybridized carbons (Fsp3) is 0.417. The number of urea groups is 1. The number of rotatable bonds is 1.